The fourth-order valence-electron chi connectivity index (χ4n) is 5.62. The predicted molar refractivity (Wildman–Crippen MR) is 138 cm³/mol. The number of hydrogen-bond donors (Lipinski definition) is 2. The first kappa shape index (κ1) is 22.4. The summed E-state index contributed by atoms with van der Waals surface area (Å²) < 4.78 is 8.19. The average molecular weight is 485 g/mol. The molecule has 8 heteroatoms. The molecule has 0 saturated heterocycles. The van der Waals surface area contributed by atoms with Crippen LogP contribution in [0.2, 0.25) is 0 Å². The van der Waals surface area contributed by atoms with E-state index in [1.54, 1.807) is 29.2 Å². The highest BCUT2D eigenvalue weighted by molar-refractivity contribution is 6.08. The SMILES string of the molecule is C=CC(=O)N1CC(C)(C)Oc2ccc(NC(=O)c3ccc4cc5n(c4c3)C3(CCC3)CNC5=O)cc21. The van der Waals surface area contributed by atoms with Crippen LogP contribution in [0.1, 0.15) is 54.0 Å². The molecule has 0 bridgehead atoms. The maximum absolute atomic E-state index is 13.3. The number of rotatable bonds is 3. The molecule has 2 aliphatic heterocycles. The molecule has 1 aromatic heterocycles. The third-order valence-corrected chi connectivity index (χ3v) is 7.51. The van der Waals surface area contributed by atoms with Crippen molar-refractivity contribution in [2.24, 2.45) is 0 Å². The Balaban J connectivity index is 1.33. The van der Waals surface area contributed by atoms with Crippen LogP contribution in [0, 0.1) is 0 Å². The van der Waals surface area contributed by atoms with Gasteiger partial charge in [-0.2, -0.15) is 0 Å². The van der Waals surface area contributed by atoms with Crippen molar-refractivity contribution in [2.45, 2.75) is 44.2 Å². The minimum absolute atomic E-state index is 0.0761. The number of hydrogen-bond acceptors (Lipinski definition) is 4. The monoisotopic (exact) mass is 484 g/mol. The Bertz CT molecular complexity index is 1460. The fraction of sp³-hybridized carbons (Fsp3) is 0.321. The normalized spacial score (nSPS) is 18.9. The largest absolute Gasteiger partial charge is 0.484 e. The first-order chi connectivity index (χ1) is 17.2. The summed E-state index contributed by atoms with van der Waals surface area (Å²) in [7, 11) is 0. The van der Waals surface area contributed by atoms with E-state index in [1.165, 1.54) is 6.08 Å². The van der Waals surface area contributed by atoms with Crippen molar-refractivity contribution in [2.75, 3.05) is 23.3 Å². The van der Waals surface area contributed by atoms with Crippen molar-refractivity contribution >= 4 is 40.0 Å². The Morgan fingerprint density at radius 2 is 1.94 bits per heavy atom. The van der Waals surface area contributed by atoms with Crippen molar-refractivity contribution < 1.29 is 19.1 Å². The molecule has 3 amide bonds. The number of nitrogens with zero attached hydrogens (tertiary/aromatic N) is 2. The molecule has 1 spiro atoms. The molecule has 3 aliphatic rings. The van der Waals surface area contributed by atoms with Crippen LogP contribution in [-0.2, 0) is 10.3 Å². The number of nitrogens with one attached hydrogen (secondary N) is 2. The van der Waals surface area contributed by atoms with Gasteiger partial charge < -0.3 is 24.8 Å². The van der Waals surface area contributed by atoms with E-state index in [1.807, 2.05) is 32.0 Å². The Hall–Kier alpha value is -4.07. The van der Waals surface area contributed by atoms with Gasteiger partial charge in [0.25, 0.3) is 17.7 Å². The van der Waals surface area contributed by atoms with Crippen LogP contribution in [0.3, 0.4) is 0 Å². The number of benzene rings is 2. The van der Waals surface area contributed by atoms with Crippen molar-refractivity contribution in [1.82, 2.24) is 9.88 Å². The summed E-state index contributed by atoms with van der Waals surface area (Å²) in [5, 5.41) is 6.92. The second kappa shape index (κ2) is 7.71. The highest BCUT2D eigenvalue weighted by Crippen LogP contribution is 2.44. The molecule has 3 aromatic rings. The molecule has 2 aromatic carbocycles. The van der Waals surface area contributed by atoms with Crippen molar-refractivity contribution in [3.8, 4) is 5.75 Å². The third-order valence-electron chi connectivity index (χ3n) is 7.51. The summed E-state index contributed by atoms with van der Waals surface area (Å²) in [5.41, 5.74) is 2.54. The molecule has 8 nitrogen and oxygen atoms in total. The maximum atomic E-state index is 13.3. The summed E-state index contributed by atoms with van der Waals surface area (Å²) >= 11 is 0. The van der Waals surface area contributed by atoms with Crippen molar-refractivity contribution in [1.29, 1.82) is 0 Å². The van der Waals surface area contributed by atoms with Crippen LogP contribution in [0.4, 0.5) is 11.4 Å². The molecular formula is C28H28N4O4. The topological polar surface area (TPSA) is 92.7 Å². The molecule has 0 atom stereocenters. The van der Waals surface area contributed by atoms with Gasteiger partial charge in [0.1, 0.15) is 17.0 Å². The Kier molecular flexibility index (Phi) is 4.80. The van der Waals surface area contributed by atoms with E-state index in [2.05, 4.69) is 21.8 Å². The first-order valence-electron chi connectivity index (χ1n) is 12.2. The summed E-state index contributed by atoms with van der Waals surface area (Å²) in [5.74, 6) is 0.0000539. The standard InChI is InChI=1S/C28H28N4O4/c1-4-24(33)31-16-27(2,3)36-23-9-8-19(14-21(23)31)30-25(34)18-7-6-17-12-22-26(35)29-15-28(10-5-11-28)32(22)20(17)13-18/h4,6-9,12-14H,1,5,10-11,15-16H2,2-3H3,(H,29,35)(H,30,34). The molecule has 3 heterocycles. The Morgan fingerprint density at radius 1 is 1.14 bits per heavy atom. The van der Waals surface area contributed by atoms with E-state index in [9.17, 15) is 14.4 Å². The summed E-state index contributed by atoms with van der Waals surface area (Å²) in [4.78, 5) is 40.0. The molecule has 1 fully saturated rings. The highest BCUT2D eigenvalue weighted by Gasteiger charge is 2.44. The number of amides is 3. The van der Waals surface area contributed by atoms with Gasteiger partial charge >= 0.3 is 0 Å². The van der Waals surface area contributed by atoms with Gasteiger partial charge in [-0.3, -0.25) is 14.4 Å². The smallest absolute Gasteiger partial charge is 0.268 e. The number of carbonyl (C=O) groups is 3. The highest BCUT2D eigenvalue weighted by atomic mass is 16.5. The van der Waals surface area contributed by atoms with Crippen LogP contribution in [0.15, 0.2) is 55.1 Å². The zero-order chi connectivity index (χ0) is 25.2. The number of anilines is 2. The zero-order valence-electron chi connectivity index (χ0n) is 20.4. The quantitative estimate of drug-likeness (QED) is 0.545. The van der Waals surface area contributed by atoms with E-state index in [4.69, 9.17) is 4.74 Å². The minimum atomic E-state index is -0.545. The molecule has 1 aliphatic carbocycles. The first-order valence-corrected chi connectivity index (χ1v) is 12.2. The molecule has 0 unspecified atom stereocenters. The molecule has 184 valence electrons. The number of aromatic nitrogens is 1. The number of carbonyl (C=O) groups excluding carboxylic acids is 3. The number of ether oxygens (including phenoxy) is 1. The second-order valence-electron chi connectivity index (χ2n) is 10.5. The summed E-state index contributed by atoms with van der Waals surface area (Å²) in [6, 6.07) is 12.7. The second-order valence-corrected chi connectivity index (χ2v) is 10.5. The van der Waals surface area contributed by atoms with Crippen molar-refractivity contribution in [3.05, 3.63) is 66.4 Å². The van der Waals surface area contributed by atoms with Gasteiger partial charge in [-0.1, -0.05) is 12.6 Å². The van der Waals surface area contributed by atoms with Gasteiger partial charge in [-0.15, -0.1) is 0 Å². The van der Waals surface area contributed by atoms with Crippen molar-refractivity contribution in [3.63, 3.8) is 0 Å². The minimum Gasteiger partial charge on any atom is -0.484 e. The molecule has 36 heavy (non-hydrogen) atoms. The predicted octanol–water partition coefficient (Wildman–Crippen LogP) is 4.21. The van der Waals surface area contributed by atoms with Gasteiger partial charge in [0, 0.05) is 23.2 Å². The van der Waals surface area contributed by atoms with Crippen LogP contribution < -0.4 is 20.3 Å². The lowest BCUT2D eigenvalue weighted by atomic mass is 9.75. The van der Waals surface area contributed by atoms with Gasteiger partial charge in [0.2, 0.25) is 0 Å². The molecular weight excluding hydrogens is 456 g/mol. The van der Waals surface area contributed by atoms with Gasteiger partial charge in [0.05, 0.1) is 23.3 Å². The van der Waals surface area contributed by atoms with Crippen LogP contribution in [0.5, 0.6) is 5.75 Å². The lowest BCUT2D eigenvalue weighted by Crippen LogP contribution is -2.55. The fourth-order valence-corrected chi connectivity index (χ4v) is 5.62. The van der Waals surface area contributed by atoms with E-state index < -0.39 is 5.60 Å². The summed E-state index contributed by atoms with van der Waals surface area (Å²) in [6.45, 7) is 8.44. The van der Waals surface area contributed by atoms with E-state index >= 15 is 0 Å². The van der Waals surface area contributed by atoms with Gasteiger partial charge in [-0.25, -0.2) is 0 Å². The van der Waals surface area contributed by atoms with E-state index in [0.717, 1.165) is 30.2 Å². The lowest BCUT2D eigenvalue weighted by Gasteiger charge is -2.47. The van der Waals surface area contributed by atoms with Gasteiger partial charge in [-0.05, 0) is 75.6 Å². The van der Waals surface area contributed by atoms with Crippen LogP contribution >= 0.6 is 0 Å². The lowest BCUT2D eigenvalue weighted by molar-refractivity contribution is -0.115. The molecule has 2 N–H and O–H groups in total. The van der Waals surface area contributed by atoms with E-state index in [-0.39, 0.29) is 23.3 Å². The molecule has 0 radical (unpaired) electrons. The summed E-state index contributed by atoms with van der Waals surface area (Å²) in [6.07, 6.45) is 4.42. The maximum Gasteiger partial charge on any atom is 0.268 e. The third kappa shape index (κ3) is 3.39. The van der Waals surface area contributed by atoms with Gasteiger partial charge in [0.15, 0.2) is 0 Å². The molecule has 6 rings (SSSR count). The number of fused-ring (bicyclic) bond motifs is 5. The Morgan fingerprint density at radius 3 is 2.67 bits per heavy atom. The zero-order valence-corrected chi connectivity index (χ0v) is 20.4. The Labute approximate surface area is 208 Å². The van der Waals surface area contributed by atoms with E-state index in [0.29, 0.717) is 41.5 Å². The van der Waals surface area contributed by atoms with Crippen LogP contribution in [0.25, 0.3) is 10.9 Å². The average Bonchev–Trinajstić information content (AvgIpc) is 3.22. The molecule has 1 saturated carbocycles. The van der Waals surface area contributed by atoms with Crippen LogP contribution in [-0.4, -0.2) is 41.0 Å².